The third-order valence-electron chi connectivity index (χ3n) is 5.68. The number of rotatable bonds is 7. The molecule has 192 valence electrons. The highest BCUT2D eigenvalue weighted by Crippen LogP contribution is 2.54. The summed E-state index contributed by atoms with van der Waals surface area (Å²) in [5.74, 6) is -1.42. The number of benzene rings is 1. The summed E-state index contributed by atoms with van der Waals surface area (Å²) in [6.45, 7) is 0. The normalized spacial score (nSPS) is 20.5. The maximum absolute atomic E-state index is 12.8. The minimum atomic E-state index is -4.73. The molecule has 1 atom stereocenters. The van der Waals surface area contributed by atoms with Crippen LogP contribution < -0.4 is 9.46 Å². The van der Waals surface area contributed by atoms with Crippen LogP contribution in [0.4, 0.5) is 26.3 Å². The molecule has 1 fully saturated rings. The third kappa shape index (κ3) is 6.21. The number of halogens is 6. The zero-order chi connectivity index (χ0) is 25.6. The first kappa shape index (κ1) is 25.6. The van der Waals surface area contributed by atoms with Gasteiger partial charge in [-0.25, -0.2) is 9.40 Å². The summed E-state index contributed by atoms with van der Waals surface area (Å²) in [5, 5.41) is 4.38. The second-order valence-corrected chi connectivity index (χ2v) is 10.4. The molecular formula is C22H23F6N3O3S. The average Bonchev–Trinajstić information content (AvgIpc) is 3.41. The molecular weight excluding hydrogens is 500 g/mol. The fourth-order valence-electron chi connectivity index (χ4n) is 3.88. The topological polar surface area (TPSA) is 79.5 Å². The Balaban J connectivity index is 1.49. The Morgan fingerprint density at radius 1 is 1.17 bits per heavy atom. The fraction of sp³-hybridized carbons (Fsp3) is 0.409. The van der Waals surface area contributed by atoms with Gasteiger partial charge in [0.1, 0.15) is 11.9 Å². The van der Waals surface area contributed by atoms with Gasteiger partial charge >= 0.3 is 12.4 Å². The highest BCUT2D eigenvalue weighted by molar-refractivity contribution is 8.22. The van der Waals surface area contributed by atoms with Crippen LogP contribution in [0.1, 0.15) is 24.8 Å². The predicted molar refractivity (Wildman–Crippen MR) is 119 cm³/mol. The van der Waals surface area contributed by atoms with Crippen LogP contribution in [0, 0.1) is 0 Å². The van der Waals surface area contributed by atoms with Crippen LogP contribution in [0.2, 0.25) is 0 Å². The van der Waals surface area contributed by atoms with E-state index in [1.165, 1.54) is 10.8 Å². The van der Waals surface area contributed by atoms with Gasteiger partial charge in [0.15, 0.2) is 0 Å². The Labute approximate surface area is 198 Å². The molecule has 2 aromatic rings. The van der Waals surface area contributed by atoms with Crippen molar-refractivity contribution in [1.29, 1.82) is 0 Å². The number of hydrogen-bond donors (Lipinski definition) is 3. The molecule has 1 aromatic carbocycles. The standard InChI is InChI=1S/C22H23F6N3O3S/c1-31-19(34-17-7-5-15(6-8-17)22(26,27)28)12-18(29-31)14-3-2-4-16(11-14)20(9-10-20)30-35(32,33)13-21(23,24)25/h2-7,11-12,17,30,32-33H,8-10,13H2,1H3. The van der Waals surface area contributed by atoms with Gasteiger partial charge in [-0.1, -0.05) is 30.4 Å². The van der Waals surface area contributed by atoms with Crippen LogP contribution >= 0.6 is 10.8 Å². The van der Waals surface area contributed by atoms with Crippen molar-refractivity contribution in [3.63, 3.8) is 0 Å². The van der Waals surface area contributed by atoms with E-state index in [0.717, 1.165) is 12.2 Å². The Hall–Kier alpha value is -2.48. The van der Waals surface area contributed by atoms with E-state index in [-0.39, 0.29) is 6.42 Å². The van der Waals surface area contributed by atoms with Crippen LogP contribution in [-0.4, -0.2) is 43.1 Å². The van der Waals surface area contributed by atoms with Gasteiger partial charge in [-0.2, -0.15) is 31.4 Å². The van der Waals surface area contributed by atoms with E-state index >= 15 is 0 Å². The summed E-state index contributed by atoms with van der Waals surface area (Å²) in [4.78, 5) is 0. The molecule has 6 nitrogen and oxygen atoms in total. The Morgan fingerprint density at radius 3 is 2.46 bits per heavy atom. The van der Waals surface area contributed by atoms with E-state index in [9.17, 15) is 35.4 Å². The second-order valence-electron chi connectivity index (χ2n) is 8.59. The van der Waals surface area contributed by atoms with Crippen LogP contribution in [0.5, 0.6) is 5.88 Å². The molecule has 1 aromatic heterocycles. The molecule has 0 spiro atoms. The van der Waals surface area contributed by atoms with Gasteiger partial charge in [0.05, 0.1) is 16.8 Å². The predicted octanol–water partition coefficient (Wildman–Crippen LogP) is 6.09. The molecule has 1 heterocycles. The third-order valence-corrected chi connectivity index (χ3v) is 7.13. The summed E-state index contributed by atoms with van der Waals surface area (Å²) in [6.07, 6.45) is -5.47. The highest BCUT2D eigenvalue weighted by Gasteiger charge is 2.49. The number of nitrogens with zero attached hydrogens (tertiary/aromatic N) is 2. The van der Waals surface area contributed by atoms with Crippen molar-refractivity contribution in [1.82, 2.24) is 14.5 Å². The van der Waals surface area contributed by atoms with Gasteiger partial charge in [-0.05, 0) is 30.5 Å². The summed E-state index contributed by atoms with van der Waals surface area (Å²) < 4.78 is 106. The molecule has 0 amide bonds. The second kappa shape index (κ2) is 8.87. The lowest BCUT2D eigenvalue weighted by Crippen LogP contribution is -2.36. The molecule has 1 saturated carbocycles. The molecule has 3 N–H and O–H groups in total. The minimum absolute atomic E-state index is 0.0415. The number of alkyl halides is 6. The van der Waals surface area contributed by atoms with Crippen molar-refractivity contribution in [2.24, 2.45) is 7.05 Å². The van der Waals surface area contributed by atoms with Crippen molar-refractivity contribution in [2.75, 3.05) is 5.75 Å². The van der Waals surface area contributed by atoms with Gasteiger partial charge in [0.2, 0.25) is 5.88 Å². The van der Waals surface area contributed by atoms with Crippen molar-refractivity contribution in [3.8, 4) is 17.1 Å². The monoisotopic (exact) mass is 523 g/mol. The molecule has 13 heteroatoms. The molecule has 35 heavy (non-hydrogen) atoms. The van der Waals surface area contributed by atoms with Gasteiger partial charge < -0.3 is 4.74 Å². The smallest absolute Gasteiger partial charge is 0.416 e. The molecule has 4 rings (SSSR count). The van der Waals surface area contributed by atoms with Crippen LogP contribution in [0.3, 0.4) is 0 Å². The first-order valence-corrected chi connectivity index (χ1v) is 12.3. The molecule has 2 aliphatic rings. The Morgan fingerprint density at radius 2 is 1.89 bits per heavy atom. The molecule has 1 unspecified atom stereocenters. The summed E-state index contributed by atoms with van der Waals surface area (Å²) in [7, 11) is -2.47. The highest BCUT2D eigenvalue weighted by atomic mass is 32.3. The van der Waals surface area contributed by atoms with E-state index in [2.05, 4.69) is 9.82 Å². The SMILES string of the molecule is Cn1nc(-c2cccc(C3(NS(O)(O)CC(F)(F)F)CC3)c2)cc1OC1C=CC(C(F)(F)F)=CC1. The van der Waals surface area contributed by atoms with E-state index in [0.29, 0.717) is 35.5 Å². The molecule has 2 aliphatic carbocycles. The number of aromatic nitrogens is 2. The van der Waals surface area contributed by atoms with Gasteiger partial charge in [-0.15, -0.1) is 10.8 Å². The quantitative estimate of drug-likeness (QED) is 0.383. The fourth-order valence-corrected chi connectivity index (χ4v) is 5.36. The van der Waals surface area contributed by atoms with Crippen LogP contribution in [-0.2, 0) is 12.6 Å². The Bertz CT molecular complexity index is 1150. The van der Waals surface area contributed by atoms with E-state index in [1.54, 1.807) is 37.4 Å². The van der Waals surface area contributed by atoms with Crippen LogP contribution in [0.15, 0.2) is 54.1 Å². The minimum Gasteiger partial charge on any atom is -0.470 e. The lowest BCUT2D eigenvalue weighted by molar-refractivity contribution is -0.107. The van der Waals surface area contributed by atoms with Gasteiger partial charge in [0.25, 0.3) is 0 Å². The number of hydrogen-bond acceptors (Lipinski definition) is 5. The van der Waals surface area contributed by atoms with E-state index in [4.69, 9.17) is 4.74 Å². The summed E-state index contributed by atoms with van der Waals surface area (Å²) >= 11 is 0. The number of nitrogens with one attached hydrogen (secondary N) is 1. The number of aryl methyl sites for hydroxylation is 1. The van der Waals surface area contributed by atoms with Crippen molar-refractivity contribution in [3.05, 3.63) is 59.7 Å². The number of ether oxygens (including phenoxy) is 1. The van der Waals surface area contributed by atoms with Crippen molar-refractivity contribution in [2.45, 2.75) is 43.3 Å². The molecule has 0 radical (unpaired) electrons. The largest absolute Gasteiger partial charge is 0.470 e. The van der Waals surface area contributed by atoms with Gasteiger partial charge in [-0.3, -0.25) is 9.11 Å². The van der Waals surface area contributed by atoms with Crippen molar-refractivity contribution >= 4 is 10.8 Å². The molecule has 0 saturated heterocycles. The Kier molecular flexibility index (Phi) is 6.49. The maximum Gasteiger partial charge on any atom is 0.416 e. The van der Waals surface area contributed by atoms with Crippen molar-refractivity contribution < 1.29 is 40.2 Å². The molecule has 0 bridgehead atoms. The summed E-state index contributed by atoms with van der Waals surface area (Å²) in [5.41, 5.74) is -0.0244. The lowest BCUT2D eigenvalue weighted by atomic mass is 10.0. The van der Waals surface area contributed by atoms with E-state index in [1.807, 2.05) is 0 Å². The van der Waals surface area contributed by atoms with E-state index < -0.39 is 46.1 Å². The summed E-state index contributed by atoms with van der Waals surface area (Å²) in [6, 6.07) is 8.42. The lowest BCUT2D eigenvalue weighted by Gasteiger charge is -2.37. The average molecular weight is 523 g/mol. The van der Waals surface area contributed by atoms with Crippen LogP contribution in [0.25, 0.3) is 11.3 Å². The molecule has 0 aliphatic heterocycles. The first-order valence-electron chi connectivity index (χ1n) is 10.5. The zero-order valence-electron chi connectivity index (χ0n) is 18.4. The van der Waals surface area contributed by atoms with Gasteiger partial charge in [0, 0.05) is 25.1 Å². The first-order chi connectivity index (χ1) is 16.2. The number of allylic oxidation sites excluding steroid dienone is 2. The zero-order valence-corrected chi connectivity index (χ0v) is 19.2. The maximum atomic E-state index is 12.8.